The highest BCUT2D eigenvalue weighted by molar-refractivity contribution is 7.49. The maximum absolute atomic E-state index is 2.34. The fraction of sp³-hybridized carbons (Fsp3) is 0.800. The van der Waals surface area contributed by atoms with Crippen LogP contribution in [0.3, 0.4) is 0 Å². The van der Waals surface area contributed by atoms with Gasteiger partial charge in [0.1, 0.15) is 0 Å². The fourth-order valence-corrected chi connectivity index (χ4v) is 3.92. The second kappa shape index (κ2) is 3.70. The van der Waals surface area contributed by atoms with E-state index in [4.69, 9.17) is 0 Å². The Labute approximate surface area is 103 Å². The van der Waals surface area contributed by atoms with Crippen LogP contribution in [0.15, 0.2) is 10.9 Å². The average molecular weight is 238 g/mol. The molecule has 0 saturated carbocycles. The van der Waals surface area contributed by atoms with Crippen molar-refractivity contribution in [3.8, 4) is 0 Å². The highest BCUT2D eigenvalue weighted by Crippen LogP contribution is 2.54. The van der Waals surface area contributed by atoms with Crippen LogP contribution in [0.2, 0.25) is 0 Å². The van der Waals surface area contributed by atoms with E-state index >= 15 is 0 Å². The van der Waals surface area contributed by atoms with Gasteiger partial charge in [-0.15, -0.1) is 0 Å². The van der Waals surface area contributed by atoms with Gasteiger partial charge in [-0.05, 0) is 32.4 Å². The molecule has 0 aromatic rings. The van der Waals surface area contributed by atoms with Crippen molar-refractivity contribution < 1.29 is 0 Å². The van der Waals surface area contributed by atoms with E-state index in [0.29, 0.717) is 10.8 Å². The lowest BCUT2D eigenvalue weighted by Crippen LogP contribution is -2.35. The van der Waals surface area contributed by atoms with E-state index in [0.717, 1.165) is 0 Å². The molecule has 0 nitrogen and oxygen atoms in total. The first-order chi connectivity index (χ1) is 6.85. The van der Waals surface area contributed by atoms with Gasteiger partial charge in [0.2, 0.25) is 0 Å². The van der Waals surface area contributed by atoms with Crippen LogP contribution in [-0.4, -0.2) is 5.29 Å². The molecule has 0 fully saturated rings. The Hall–Kier alpha value is -0.0900. The Kier molecular flexibility index (Phi) is 3.23. The van der Waals surface area contributed by atoms with Crippen LogP contribution in [0.25, 0.3) is 0 Å². The van der Waals surface area contributed by atoms with Crippen molar-refractivity contribution in [3.63, 3.8) is 0 Å². The third kappa shape index (κ3) is 2.59. The summed E-state index contributed by atoms with van der Waals surface area (Å²) >= 11 is 0. The van der Waals surface area contributed by atoms with E-state index in [2.05, 4.69) is 62.3 Å². The number of rotatable bonds is 0. The van der Waals surface area contributed by atoms with E-state index in [9.17, 15) is 0 Å². The predicted molar refractivity (Wildman–Crippen MR) is 77.3 cm³/mol. The molecule has 16 heavy (non-hydrogen) atoms. The fourth-order valence-electron chi connectivity index (χ4n) is 2.08. The van der Waals surface area contributed by atoms with Gasteiger partial charge in [-0.1, -0.05) is 70.5 Å². The van der Waals surface area contributed by atoms with E-state index in [1.807, 2.05) is 0 Å². The smallest absolute Gasteiger partial charge is 0.00851 e. The number of hydrogen-bond donors (Lipinski definition) is 0. The Balaban J connectivity index is 3.20. The topological polar surface area (TPSA) is 0 Å². The standard InChI is InChI=1S/C15H27P/c1-13(2,3)10-11(14(4,5)6)16-12(10)15(7,8)9/h1-9H3. The first-order valence-electron chi connectivity index (χ1n) is 6.20. The lowest BCUT2D eigenvalue weighted by Gasteiger charge is -2.43. The normalized spacial score (nSPS) is 19.4. The Morgan fingerprint density at radius 3 is 1.31 bits per heavy atom. The largest absolute Gasteiger partial charge is 0.0676 e. The van der Waals surface area contributed by atoms with Crippen molar-refractivity contribution in [2.24, 2.45) is 16.2 Å². The predicted octanol–water partition coefficient (Wildman–Crippen LogP) is 5.51. The van der Waals surface area contributed by atoms with Crippen molar-refractivity contribution in [1.29, 1.82) is 0 Å². The molecule has 0 atom stereocenters. The molecule has 0 aliphatic carbocycles. The summed E-state index contributed by atoms with van der Waals surface area (Å²) in [5, 5.41) is 3.29. The van der Waals surface area contributed by atoms with Crippen molar-refractivity contribution in [2.45, 2.75) is 62.3 Å². The average Bonchev–Trinajstić information content (AvgIpc) is 1.68. The maximum atomic E-state index is 2.34. The van der Waals surface area contributed by atoms with E-state index in [-0.39, 0.29) is 5.41 Å². The molecule has 1 rings (SSSR count). The van der Waals surface area contributed by atoms with Gasteiger partial charge in [0.05, 0.1) is 0 Å². The molecule has 0 aromatic heterocycles. The molecule has 0 unspecified atom stereocenters. The van der Waals surface area contributed by atoms with Gasteiger partial charge in [-0.2, -0.15) is 0 Å². The lowest BCUT2D eigenvalue weighted by molar-refractivity contribution is 0.465. The summed E-state index contributed by atoms with van der Waals surface area (Å²) in [7, 11) is 1.49. The monoisotopic (exact) mass is 238 g/mol. The van der Waals surface area contributed by atoms with Gasteiger partial charge in [-0.25, -0.2) is 0 Å². The SMILES string of the molecule is CC(C)(C)C1=PC(C(C)(C)C)=C1C(C)(C)C. The minimum Gasteiger partial charge on any atom is -0.0676 e. The van der Waals surface area contributed by atoms with Gasteiger partial charge in [0.25, 0.3) is 0 Å². The Morgan fingerprint density at radius 1 is 0.625 bits per heavy atom. The minimum absolute atomic E-state index is 0.288. The van der Waals surface area contributed by atoms with Gasteiger partial charge < -0.3 is 0 Å². The van der Waals surface area contributed by atoms with Crippen molar-refractivity contribution in [3.05, 3.63) is 10.9 Å². The quantitative estimate of drug-likeness (QED) is 0.488. The summed E-state index contributed by atoms with van der Waals surface area (Å²) < 4.78 is 0. The molecule has 1 aliphatic rings. The van der Waals surface area contributed by atoms with Crippen LogP contribution in [0.1, 0.15) is 62.3 Å². The summed E-state index contributed by atoms with van der Waals surface area (Å²) in [6, 6.07) is 0. The van der Waals surface area contributed by atoms with Crippen LogP contribution < -0.4 is 0 Å². The van der Waals surface area contributed by atoms with Gasteiger partial charge in [-0.3, -0.25) is 0 Å². The highest BCUT2D eigenvalue weighted by atomic mass is 31.1. The zero-order valence-corrected chi connectivity index (χ0v) is 13.3. The van der Waals surface area contributed by atoms with Gasteiger partial charge in [0, 0.05) is 0 Å². The molecule has 1 heterocycles. The van der Waals surface area contributed by atoms with Crippen LogP contribution in [0.4, 0.5) is 0 Å². The van der Waals surface area contributed by atoms with Crippen LogP contribution in [-0.2, 0) is 0 Å². The summed E-state index contributed by atoms with van der Waals surface area (Å²) in [6.07, 6.45) is 0. The van der Waals surface area contributed by atoms with Crippen molar-refractivity contribution in [2.75, 3.05) is 0 Å². The lowest BCUT2D eigenvalue weighted by atomic mass is 9.73. The van der Waals surface area contributed by atoms with E-state index < -0.39 is 0 Å². The summed E-state index contributed by atoms with van der Waals surface area (Å²) in [5.74, 6) is 0. The first-order valence-corrected chi connectivity index (χ1v) is 7.09. The maximum Gasteiger partial charge on any atom is -0.00851 e. The molecule has 0 radical (unpaired) electrons. The summed E-state index contributed by atoms with van der Waals surface area (Å²) in [5.41, 5.74) is 2.56. The molecule has 1 aliphatic heterocycles. The Morgan fingerprint density at radius 2 is 1.06 bits per heavy atom. The zero-order chi connectivity index (χ0) is 12.9. The van der Waals surface area contributed by atoms with Crippen LogP contribution in [0.5, 0.6) is 0 Å². The molecule has 0 spiro atoms. The molecule has 92 valence electrons. The van der Waals surface area contributed by atoms with Crippen LogP contribution in [0, 0.1) is 16.2 Å². The zero-order valence-electron chi connectivity index (χ0n) is 12.4. The van der Waals surface area contributed by atoms with E-state index in [1.54, 1.807) is 16.2 Å². The molecular weight excluding hydrogens is 211 g/mol. The third-order valence-electron chi connectivity index (χ3n) is 2.87. The van der Waals surface area contributed by atoms with E-state index in [1.165, 1.54) is 8.20 Å². The van der Waals surface area contributed by atoms with Crippen molar-refractivity contribution >= 4 is 13.5 Å². The third-order valence-corrected chi connectivity index (χ3v) is 5.10. The second-order valence-electron chi connectivity index (χ2n) is 7.93. The molecule has 0 amide bonds. The summed E-state index contributed by atoms with van der Waals surface area (Å²) in [4.78, 5) is 0. The molecular formula is C15H27P. The minimum atomic E-state index is 0.288. The number of allylic oxidation sites excluding steroid dienone is 2. The molecule has 0 aromatic carbocycles. The highest BCUT2D eigenvalue weighted by Gasteiger charge is 2.39. The summed E-state index contributed by atoms with van der Waals surface area (Å²) in [6.45, 7) is 21.0. The second-order valence-corrected chi connectivity index (χ2v) is 9.05. The molecule has 0 N–H and O–H groups in total. The van der Waals surface area contributed by atoms with Gasteiger partial charge in [0.15, 0.2) is 0 Å². The molecule has 0 saturated heterocycles. The first kappa shape index (κ1) is 14.0. The van der Waals surface area contributed by atoms with Crippen LogP contribution >= 0.6 is 8.20 Å². The molecule has 1 heteroatoms. The Bertz CT molecular complexity index is 348. The van der Waals surface area contributed by atoms with Gasteiger partial charge >= 0.3 is 0 Å². The van der Waals surface area contributed by atoms with Crippen molar-refractivity contribution in [1.82, 2.24) is 0 Å². The molecule has 0 bridgehead atoms. The number of hydrogen-bond acceptors (Lipinski definition) is 0.